The van der Waals surface area contributed by atoms with Gasteiger partial charge in [0.1, 0.15) is 0 Å². The monoisotopic (exact) mass is 310 g/mol. The van der Waals surface area contributed by atoms with E-state index in [1.165, 1.54) is 4.31 Å². The molecule has 2 aliphatic rings. The molecule has 21 heavy (non-hydrogen) atoms. The number of hydrogen-bond acceptors (Lipinski definition) is 4. The highest BCUT2D eigenvalue weighted by Crippen LogP contribution is 2.28. The first kappa shape index (κ1) is 14.5. The fraction of sp³-hybridized carbons (Fsp3) is 0.500. The Morgan fingerprint density at radius 3 is 2.48 bits per heavy atom. The molecule has 3 rings (SSSR count). The predicted molar refractivity (Wildman–Crippen MR) is 76.8 cm³/mol. The number of piperidine rings is 1. The van der Waals surface area contributed by atoms with Gasteiger partial charge in [0.05, 0.1) is 12.6 Å². The van der Waals surface area contributed by atoms with Gasteiger partial charge in [-0.25, -0.2) is 4.31 Å². The van der Waals surface area contributed by atoms with Gasteiger partial charge < -0.3 is 4.74 Å². The molecule has 1 amide bonds. The molecule has 0 N–H and O–H groups in total. The summed E-state index contributed by atoms with van der Waals surface area (Å²) in [7, 11) is -2.11. The number of methoxy groups -OCH3 is 1. The molecule has 1 saturated heterocycles. The molecule has 0 unspecified atom stereocenters. The van der Waals surface area contributed by atoms with E-state index in [0.717, 1.165) is 9.87 Å². The number of hydrogen-bond donors (Lipinski definition) is 0. The summed E-state index contributed by atoms with van der Waals surface area (Å²) in [6, 6.07) is 7.02. The van der Waals surface area contributed by atoms with Gasteiger partial charge in [-0.1, -0.05) is 18.2 Å². The third-order valence-corrected chi connectivity index (χ3v) is 6.00. The summed E-state index contributed by atoms with van der Waals surface area (Å²) < 4.78 is 32.9. The highest BCUT2D eigenvalue weighted by molar-refractivity contribution is 7.87. The van der Waals surface area contributed by atoms with E-state index in [9.17, 15) is 13.2 Å². The minimum Gasteiger partial charge on any atom is -0.381 e. The second-order valence-corrected chi connectivity index (χ2v) is 7.16. The summed E-state index contributed by atoms with van der Waals surface area (Å²) in [6.07, 6.45) is 1.41. The van der Waals surface area contributed by atoms with Crippen molar-refractivity contribution in [1.29, 1.82) is 0 Å². The summed E-state index contributed by atoms with van der Waals surface area (Å²) in [5, 5.41) is 0. The lowest BCUT2D eigenvalue weighted by molar-refractivity contribution is 0.0586. The Kier molecular flexibility index (Phi) is 3.73. The van der Waals surface area contributed by atoms with Crippen LogP contribution in [0.4, 0.5) is 0 Å². The van der Waals surface area contributed by atoms with Crippen LogP contribution in [0, 0.1) is 0 Å². The van der Waals surface area contributed by atoms with Gasteiger partial charge in [-0.15, -0.1) is 0 Å². The molecule has 0 bridgehead atoms. The molecular weight excluding hydrogens is 292 g/mol. The molecule has 114 valence electrons. The van der Waals surface area contributed by atoms with Crippen LogP contribution in [0.3, 0.4) is 0 Å². The van der Waals surface area contributed by atoms with Crippen LogP contribution in [-0.2, 0) is 21.5 Å². The van der Waals surface area contributed by atoms with Crippen LogP contribution < -0.4 is 0 Å². The molecule has 0 atom stereocenters. The maximum Gasteiger partial charge on any atom is 0.306 e. The van der Waals surface area contributed by atoms with E-state index in [4.69, 9.17) is 4.74 Å². The van der Waals surface area contributed by atoms with Gasteiger partial charge in [0, 0.05) is 25.8 Å². The number of amides is 1. The van der Waals surface area contributed by atoms with Crippen LogP contribution in [0.25, 0.3) is 0 Å². The first-order chi connectivity index (χ1) is 10.0. The van der Waals surface area contributed by atoms with Gasteiger partial charge in [-0.3, -0.25) is 4.79 Å². The normalized spacial score (nSPS) is 20.8. The second-order valence-electron chi connectivity index (χ2n) is 5.31. The van der Waals surface area contributed by atoms with E-state index in [0.29, 0.717) is 31.5 Å². The zero-order chi connectivity index (χ0) is 15.0. The summed E-state index contributed by atoms with van der Waals surface area (Å²) in [5.74, 6) is -0.431. The Morgan fingerprint density at radius 2 is 1.86 bits per heavy atom. The Balaban J connectivity index is 1.80. The van der Waals surface area contributed by atoms with Crippen LogP contribution in [0.5, 0.6) is 0 Å². The Hall–Kier alpha value is -1.44. The van der Waals surface area contributed by atoms with Crippen molar-refractivity contribution < 1.29 is 17.9 Å². The first-order valence-corrected chi connectivity index (χ1v) is 8.36. The molecule has 0 radical (unpaired) electrons. The average Bonchev–Trinajstić information content (AvgIpc) is 2.86. The van der Waals surface area contributed by atoms with Gasteiger partial charge in [0.15, 0.2) is 0 Å². The van der Waals surface area contributed by atoms with Crippen molar-refractivity contribution in [3.05, 3.63) is 35.4 Å². The van der Waals surface area contributed by atoms with E-state index in [2.05, 4.69) is 0 Å². The largest absolute Gasteiger partial charge is 0.381 e. The number of benzene rings is 1. The topological polar surface area (TPSA) is 66.9 Å². The summed E-state index contributed by atoms with van der Waals surface area (Å²) in [6.45, 7) is 0.906. The Bertz CT molecular complexity index is 651. The predicted octanol–water partition coefficient (Wildman–Crippen LogP) is 0.998. The van der Waals surface area contributed by atoms with Crippen LogP contribution in [0.15, 0.2) is 24.3 Å². The van der Waals surface area contributed by atoms with Crippen LogP contribution in [-0.4, -0.2) is 49.2 Å². The molecule has 0 saturated carbocycles. The second kappa shape index (κ2) is 5.40. The van der Waals surface area contributed by atoms with E-state index < -0.39 is 16.1 Å². The number of carbonyl (C=O) groups excluding carboxylic acids is 1. The number of rotatable bonds is 3. The maximum absolute atomic E-state index is 12.7. The lowest BCUT2D eigenvalue weighted by Crippen LogP contribution is -2.48. The molecule has 2 aliphatic heterocycles. The SMILES string of the molecule is COC1CCN(S(=O)(=O)N2Cc3ccccc3C2=O)CC1. The maximum atomic E-state index is 12.7. The summed E-state index contributed by atoms with van der Waals surface area (Å²) in [4.78, 5) is 12.3. The molecule has 7 heteroatoms. The first-order valence-electron chi connectivity index (χ1n) is 6.97. The lowest BCUT2D eigenvalue weighted by atomic mass is 10.1. The van der Waals surface area contributed by atoms with Crippen molar-refractivity contribution >= 4 is 16.1 Å². The molecule has 0 aliphatic carbocycles. The highest BCUT2D eigenvalue weighted by Gasteiger charge is 2.40. The summed E-state index contributed by atoms with van der Waals surface area (Å²) in [5.41, 5.74) is 1.24. The number of carbonyl (C=O) groups is 1. The van der Waals surface area contributed by atoms with Crippen molar-refractivity contribution in [3.8, 4) is 0 Å². The van der Waals surface area contributed by atoms with Gasteiger partial charge in [-0.05, 0) is 24.5 Å². The van der Waals surface area contributed by atoms with E-state index in [-0.39, 0.29) is 12.6 Å². The molecular formula is C14H18N2O4S. The zero-order valence-corrected chi connectivity index (χ0v) is 12.7. The molecule has 2 heterocycles. The highest BCUT2D eigenvalue weighted by atomic mass is 32.2. The quantitative estimate of drug-likeness (QED) is 0.835. The van der Waals surface area contributed by atoms with Crippen molar-refractivity contribution in [2.45, 2.75) is 25.5 Å². The molecule has 1 aromatic carbocycles. The zero-order valence-electron chi connectivity index (χ0n) is 11.9. The smallest absolute Gasteiger partial charge is 0.306 e. The third-order valence-electron chi connectivity index (χ3n) is 4.13. The standard InChI is InChI=1S/C14H18N2O4S/c1-20-12-6-8-15(9-7-12)21(18,19)16-10-11-4-2-3-5-13(11)14(16)17/h2-5,12H,6-10H2,1H3. The average molecular weight is 310 g/mol. The lowest BCUT2D eigenvalue weighted by Gasteiger charge is -2.32. The third kappa shape index (κ3) is 2.45. The van der Waals surface area contributed by atoms with Gasteiger partial charge in [-0.2, -0.15) is 12.7 Å². The van der Waals surface area contributed by atoms with Crippen molar-refractivity contribution in [2.75, 3.05) is 20.2 Å². The minimum absolute atomic E-state index is 0.0999. The Morgan fingerprint density at radius 1 is 1.19 bits per heavy atom. The molecule has 1 fully saturated rings. The van der Waals surface area contributed by atoms with Gasteiger partial charge >= 0.3 is 10.2 Å². The van der Waals surface area contributed by atoms with Crippen LogP contribution >= 0.6 is 0 Å². The van der Waals surface area contributed by atoms with Crippen molar-refractivity contribution in [3.63, 3.8) is 0 Å². The van der Waals surface area contributed by atoms with Crippen molar-refractivity contribution in [2.24, 2.45) is 0 Å². The number of nitrogens with zero attached hydrogens (tertiary/aromatic N) is 2. The van der Waals surface area contributed by atoms with E-state index in [1.54, 1.807) is 25.3 Å². The van der Waals surface area contributed by atoms with Crippen molar-refractivity contribution in [1.82, 2.24) is 8.61 Å². The fourth-order valence-electron chi connectivity index (χ4n) is 2.85. The van der Waals surface area contributed by atoms with Gasteiger partial charge in [0.2, 0.25) is 0 Å². The molecule has 6 nitrogen and oxygen atoms in total. The number of ether oxygens (including phenoxy) is 1. The minimum atomic E-state index is -3.75. The number of fused-ring (bicyclic) bond motifs is 1. The molecule has 0 spiro atoms. The van der Waals surface area contributed by atoms with Crippen LogP contribution in [0.2, 0.25) is 0 Å². The fourth-order valence-corrected chi connectivity index (χ4v) is 4.41. The Labute approximate surface area is 124 Å². The summed E-state index contributed by atoms with van der Waals surface area (Å²) >= 11 is 0. The van der Waals surface area contributed by atoms with E-state index >= 15 is 0 Å². The molecule has 0 aromatic heterocycles. The van der Waals surface area contributed by atoms with Gasteiger partial charge in [0.25, 0.3) is 5.91 Å². The van der Waals surface area contributed by atoms with Crippen LogP contribution in [0.1, 0.15) is 28.8 Å². The molecule has 1 aromatic rings. The van der Waals surface area contributed by atoms with E-state index in [1.807, 2.05) is 6.07 Å².